The Morgan fingerprint density at radius 1 is 1.17 bits per heavy atom. The molecule has 29 heavy (non-hydrogen) atoms. The number of hydrogen-bond donors (Lipinski definition) is 1. The number of ether oxygens (including phenoxy) is 1. The van der Waals surface area contributed by atoms with Crippen LogP contribution in [-0.4, -0.2) is 29.5 Å². The van der Waals surface area contributed by atoms with Crippen LogP contribution in [0.1, 0.15) is 79.1 Å². The minimum atomic E-state index is -0.0924. The molecule has 2 fully saturated rings. The molecule has 3 nitrogen and oxygen atoms in total. The van der Waals surface area contributed by atoms with Crippen LogP contribution < -0.4 is 5.32 Å². The van der Waals surface area contributed by atoms with E-state index < -0.39 is 0 Å². The highest BCUT2D eigenvalue weighted by Gasteiger charge is 2.33. The summed E-state index contributed by atoms with van der Waals surface area (Å²) in [6, 6.07) is 0.340. The monoisotopic (exact) mass is 421 g/mol. The van der Waals surface area contributed by atoms with E-state index in [2.05, 4.69) is 44.3 Å². The van der Waals surface area contributed by atoms with E-state index in [-0.39, 0.29) is 17.6 Å². The highest BCUT2D eigenvalue weighted by Crippen LogP contribution is 2.34. The zero-order valence-corrected chi connectivity index (χ0v) is 19.5. The third-order valence-electron chi connectivity index (χ3n) is 6.08. The minimum absolute atomic E-state index is 0.0562. The molecule has 4 heteroatoms. The first-order valence-corrected chi connectivity index (χ1v) is 11.9. The van der Waals surface area contributed by atoms with Crippen molar-refractivity contribution < 1.29 is 9.53 Å². The molecule has 2 rings (SSSR count). The zero-order valence-electron chi connectivity index (χ0n) is 18.8. The number of halogens is 1. The van der Waals surface area contributed by atoms with Gasteiger partial charge in [-0.3, -0.25) is 4.79 Å². The summed E-state index contributed by atoms with van der Waals surface area (Å²) in [5, 5.41) is 3.14. The number of alkyl halides is 1. The summed E-state index contributed by atoms with van der Waals surface area (Å²) in [5.41, 5.74) is 1.21. The summed E-state index contributed by atoms with van der Waals surface area (Å²) in [6.07, 6.45) is 19.1. The van der Waals surface area contributed by atoms with E-state index in [4.69, 9.17) is 16.3 Å². The van der Waals surface area contributed by atoms with E-state index >= 15 is 0 Å². The maximum atomic E-state index is 11.8. The van der Waals surface area contributed by atoms with Gasteiger partial charge in [-0.2, -0.15) is 0 Å². The zero-order chi connectivity index (χ0) is 21.3. The van der Waals surface area contributed by atoms with Crippen molar-refractivity contribution in [2.24, 2.45) is 11.8 Å². The average Bonchev–Trinajstić information content (AvgIpc) is 2.69. The predicted octanol–water partition coefficient (Wildman–Crippen LogP) is 6.33. The predicted molar refractivity (Wildman–Crippen MR) is 123 cm³/mol. The molecule has 164 valence electrons. The molecule has 1 aliphatic carbocycles. The van der Waals surface area contributed by atoms with Gasteiger partial charge in [0, 0.05) is 11.9 Å². The molecule has 2 aliphatic rings. The summed E-state index contributed by atoms with van der Waals surface area (Å²) in [7, 11) is 0. The Morgan fingerprint density at radius 2 is 1.90 bits per heavy atom. The molecule has 2 atom stereocenters. The molecule has 1 amide bonds. The molecule has 0 bridgehead atoms. The lowest BCUT2D eigenvalue weighted by molar-refractivity contribution is -0.117. The second kappa shape index (κ2) is 12.0. The third-order valence-corrected chi connectivity index (χ3v) is 6.52. The van der Waals surface area contributed by atoms with Crippen molar-refractivity contribution in [2.45, 2.75) is 96.8 Å². The van der Waals surface area contributed by atoms with Crippen molar-refractivity contribution in [2.75, 3.05) is 5.88 Å². The van der Waals surface area contributed by atoms with E-state index in [1.54, 1.807) is 6.08 Å². The number of allylic oxidation sites excluding steroid dienone is 4. The quantitative estimate of drug-likeness (QED) is 0.282. The normalized spacial score (nSPS) is 30.7. The summed E-state index contributed by atoms with van der Waals surface area (Å²) < 4.78 is 6.21. The van der Waals surface area contributed by atoms with Crippen molar-refractivity contribution in [3.8, 4) is 0 Å². The van der Waals surface area contributed by atoms with Crippen LogP contribution in [0.25, 0.3) is 0 Å². The summed E-state index contributed by atoms with van der Waals surface area (Å²) >= 11 is 6.11. The average molecular weight is 422 g/mol. The molecule has 1 unspecified atom stereocenters. The fraction of sp³-hybridized carbons (Fsp3) is 0.720. The molecule has 0 spiro atoms. The van der Waals surface area contributed by atoms with Crippen molar-refractivity contribution in [1.29, 1.82) is 0 Å². The molecule has 1 heterocycles. The van der Waals surface area contributed by atoms with Crippen molar-refractivity contribution in [3.05, 3.63) is 36.0 Å². The second-order valence-electron chi connectivity index (χ2n) is 9.46. The topological polar surface area (TPSA) is 38.3 Å². The second-order valence-corrected chi connectivity index (χ2v) is 9.76. The van der Waals surface area contributed by atoms with Crippen LogP contribution in [0.5, 0.6) is 0 Å². The molecule has 1 saturated heterocycles. The molecule has 0 aromatic carbocycles. The Morgan fingerprint density at radius 3 is 2.55 bits per heavy atom. The summed E-state index contributed by atoms with van der Waals surface area (Å²) in [4.78, 5) is 11.8. The Kier molecular flexibility index (Phi) is 9.98. The first kappa shape index (κ1) is 24.2. The number of amides is 1. The molecule has 0 radical (unpaired) electrons. The van der Waals surface area contributed by atoms with Crippen LogP contribution in [-0.2, 0) is 9.53 Å². The molecular weight excluding hydrogens is 382 g/mol. The van der Waals surface area contributed by atoms with Crippen LogP contribution in [0, 0.1) is 11.8 Å². The van der Waals surface area contributed by atoms with E-state index in [0.29, 0.717) is 17.8 Å². The lowest BCUT2D eigenvalue weighted by Gasteiger charge is -2.39. The molecule has 0 aromatic heterocycles. The maximum absolute atomic E-state index is 11.8. The molecule has 1 saturated carbocycles. The van der Waals surface area contributed by atoms with Gasteiger partial charge in [0.05, 0.1) is 11.7 Å². The molecule has 0 aromatic rings. The lowest BCUT2D eigenvalue weighted by Crippen LogP contribution is -2.39. The largest absolute Gasteiger partial charge is 0.368 e. The molecular formula is C25H40ClNO2. The van der Waals surface area contributed by atoms with Crippen LogP contribution in [0.4, 0.5) is 0 Å². The standard InChI is InChI=1S/C25H40ClNO2/c1-5-6-7-24(28)27-22-13-11-20(12-14-22)10-8-19(2)9-15-23-16-21(18-26)17-25(3,4)29-23/h6-9,15,20-23H,5,10-14,16-18H2,1-4H3,(H,27,28)/b7-6-,15-9+,19-8+/t20?,21?,22?,23-/m1/s1. The Labute approximate surface area is 183 Å². The lowest BCUT2D eigenvalue weighted by atomic mass is 9.83. The van der Waals surface area contributed by atoms with Gasteiger partial charge in [-0.15, -0.1) is 11.6 Å². The van der Waals surface area contributed by atoms with Crippen molar-refractivity contribution in [1.82, 2.24) is 5.32 Å². The number of hydrogen-bond acceptors (Lipinski definition) is 2. The Hall–Kier alpha value is -1.06. The minimum Gasteiger partial charge on any atom is -0.368 e. The van der Waals surface area contributed by atoms with Gasteiger partial charge in [0.2, 0.25) is 5.91 Å². The third kappa shape index (κ3) is 9.09. The van der Waals surface area contributed by atoms with E-state index in [0.717, 1.165) is 44.4 Å². The highest BCUT2D eigenvalue weighted by atomic mass is 35.5. The highest BCUT2D eigenvalue weighted by molar-refractivity contribution is 6.18. The van der Waals surface area contributed by atoms with Gasteiger partial charge in [0.25, 0.3) is 0 Å². The number of carbonyl (C=O) groups is 1. The Balaban J connectivity index is 1.74. The van der Waals surface area contributed by atoms with Crippen molar-refractivity contribution >= 4 is 17.5 Å². The number of nitrogens with one attached hydrogen (secondary N) is 1. The smallest absolute Gasteiger partial charge is 0.243 e. The van der Waals surface area contributed by atoms with Gasteiger partial charge >= 0.3 is 0 Å². The fourth-order valence-corrected chi connectivity index (χ4v) is 4.78. The van der Waals surface area contributed by atoms with Crippen molar-refractivity contribution in [3.63, 3.8) is 0 Å². The van der Waals surface area contributed by atoms with Crippen LogP contribution >= 0.6 is 11.6 Å². The fourth-order valence-electron chi connectivity index (χ4n) is 4.54. The molecule has 1 aliphatic heterocycles. The van der Waals surface area contributed by atoms with Gasteiger partial charge in [0.15, 0.2) is 0 Å². The number of carbonyl (C=O) groups excluding carboxylic acids is 1. The van der Waals surface area contributed by atoms with Gasteiger partial charge in [-0.05, 0) is 90.0 Å². The van der Waals surface area contributed by atoms with Crippen LogP contribution in [0.15, 0.2) is 36.0 Å². The van der Waals surface area contributed by atoms with E-state index in [1.807, 2.05) is 13.0 Å². The Bertz CT molecular complexity index is 600. The van der Waals surface area contributed by atoms with Gasteiger partial charge in [0.1, 0.15) is 0 Å². The van der Waals surface area contributed by atoms with Gasteiger partial charge < -0.3 is 10.1 Å². The number of rotatable bonds is 8. The SMILES string of the molecule is CC/C=C\C(=O)NC1CCC(C/C=C(C)/C=C/[C@@H]2CC(CCl)CC(C)(C)O2)CC1. The van der Waals surface area contributed by atoms with Crippen LogP contribution in [0.2, 0.25) is 0 Å². The first-order chi connectivity index (χ1) is 13.8. The maximum Gasteiger partial charge on any atom is 0.243 e. The molecule has 1 N–H and O–H groups in total. The van der Waals surface area contributed by atoms with E-state index in [9.17, 15) is 4.79 Å². The summed E-state index contributed by atoms with van der Waals surface area (Å²) in [5.74, 6) is 2.03. The van der Waals surface area contributed by atoms with Gasteiger partial charge in [-0.25, -0.2) is 0 Å². The van der Waals surface area contributed by atoms with E-state index in [1.165, 1.54) is 18.4 Å². The van der Waals surface area contributed by atoms with Crippen LogP contribution in [0.3, 0.4) is 0 Å². The first-order valence-electron chi connectivity index (χ1n) is 11.4. The summed E-state index contributed by atoms with van der Waals surface area (Å²) in [6.45, 7) is 8.54. The van der Waals surface area contributed by atoms with Gasteiger partial charge in [-0.1, -0.05) is 36.8 Å².